The molecule has 1 aliphatic carbocycles. The SMILES string of the molecule is Nc1c(S(=O)(=O)O)cc(Nc2ccc(Nc3nc(Cl)nc(Cc4cccc(S(=O)(=O)O)c4)n3)cc2S(=O)(=O)O)c2c1C(=O)c1ccccc1C2=O. The highest BCUT2D eigenvalue weighted by atomic mass is 35.5. The molecule has 5 aromatic rings. The van der Waals surface area contributed by atoms with Gasteiger partial charge in [0, 0.05) is 23.2 Å². The van der Waals surface area contributed by atoms with E-state index in [1.165, 1.54) is 48.5 Å². The van der Waals surface area contributed by atoms with Gasteiger partial charge in [-0.3, -0.25) is 23.2 Å². The summed E-state index contributed by atoms with van der Waals surface area (Å²) in [6.45, 7) is 0. The molecule has 0 saturated heterocycles. The molecular weight excluding hydrogens is 752 g/mol. The number of carbonyl (C=O) groups excluding carboxylic acids is 2. The van der Waals surface area contributed by atoms with Gasteiger partial charge in [0.1, 0.15) is 15.6 Å². The van der Waals surface area contributed by atoms with Crippen molar-refractivity contribution in [3.63, 3.8) is 0 Å². The Balaban J connectivity index is 1.39. The van der Waals surface area contributed by atoms with Crippen molar-refractivity contribution in [1.82, 2.24) is 15.0 Å². The van der Waals surface area contributed by atoms with E-state index >= 15 is 0 Å². The molecule has 6 rings (SSSR count). The lowest BCUT2D eigenvalue weighted by Crippen LogP contribution is -2.25. The third kappa shape index (κ3) is 7.14. The first kappa shape index (κ1) is 35.5. The second-order valence-electron chi connectivity index (χ2n) is 10.8. The van der Waals surface area contributed by atoms with E-state index in [-0.39, 0.29) is 45.2 Å². The van der Waals surface area contributed by atoms with Crippen LogP contribution in [0.2, 0.25) is 5.28 Å². The number of nitrogens with two attached hydrogens (primary N) is 1. The quantitative estimate of drug-likeness (QED) is 0.0902. The summed E-state index contributed by atoms with van der Waals surface area (Å²) >= 11 is 6.07. The van der Waals surface area contributed by atoms with Gasteiger partial charge in [0.25, 0.3) is 30.4 Å². The van der Waals surface area contributed by atoms with Gasteiger partial charge in [0.2, 0.25) is 11.2 Å². The highest BCUT2D eigenvalue weighted by Gasteiger charge is 2.37. The van der Waals surface area contributed by atoms with E-state index in [9.17, 15) is 48.5 Å². The molecular formula is C30H21ClN6O11S3. The second-order valence-corrected chi connectivity index (χ2v) is 15.4. The molecule has 21 heteroatoms. The first-order chi connectivity index (χ1) is 23.8. The van der Waals surface area contributed by atoms with Crippen molar-refractivity contribution in [1.29, 1.82) is 0 Å². The summed E-state index contributed by atoms with van der Waals surface area (Å²) in [4.78, 5) is 37.1. The standard InChI is InChI=1S/C30H21ClN6O11S3/c31-29-35-23(11-14-4-3-5-16(10-14)49(40,41)42)36-30(37-29)33-15-8-9-19(21(12-15)50(43,44)45)34-20-13-22(51(46,47)48)26(32)25-24(20)27(38)17-6-1-2-7-18(17)28(25)39/h1-10,12-13,34H,11,32H2,(H,40,41,42)(H,43,44,45)(H,46,47,48)(H,33,35,36,37). The number of nitrogens with one attached hydrogen (secondary N) is 2. The van der Waals surface area contributed by atoms with Gasteiger partial charge < -0.3 is 16.4 Å². The van der Waals surface area contributed by atoms with Gasteiger partial charge in [-0.2, -0.15) is 35.2 Å². The van der Waals surface area contributed by atoms with Crippen molar-refractivity contribution in [3.05, 3.63) is 112 Å². The van der Waals surface area contributed by atoms with Gasteiger partial charge in [-0.25, -0.2) is 4.98 Å². The summed E-state index contributed by atoms with van der Waals surface area (Å²) in [7, 11) is -14.7. The third-order valence-electron chi connectivity index (χ3n) is 7.48. The first-order valence-corrected chi connectivity index (χ1v) is 18.8. The molecule has 0 bridgehead atoms. The number of nitrogen functional groups attached to an aromatic ring is 1. The number of halogens is 1. The van der Waals surface area contributed by atoms with Gasteiger partial charge in [-0.15, -0.1) is 0 Å². The van der Waals surface area contributed by atoms with Gasteiger partial charge in [0.05, 0.1) is 33.1 Å². The first-order valence-electron chi connectivity index (χ1n) is 14.1. The van der Waals surface area contributed by atoms with Crippen molar-refractivity contribution < 1.29 is 48.5 Å². The Hall–Kier alpha value is -5.35. The number of anilines is 5. The Morgan fingerprint density at radius 2 is 1.31 bits per heavy atom. The van der Waals surface area contributed by atoms with Crippen LogP contribution in [0.4, 0.5) is 28.7 Å². The summed E-state index contributed by atoms with van der Waals surface area (Å²) in [5, 5.41) is 4.99. The largest absolute Gasteiger partial charge is 0.397 e. The molecule has 0 fully saturated rings. The number of ketones is 2. The highest BCUT2D eigenvalue weighted by molar-refractivity contribution is 7.86. The van der Waals surface area contributed by atoms with Crippen LogP contribution in [0, 0.1) is 0 Å². The number of aromatic nitrogens is 3. The lowest BCUT2D eigenvalue weighted by atomic mass is 9.82. The maximum Gasteiger partial charge on any atom is 0.296 e. The molecule has 0 unspecified atom stereocenters. The zero-order valence-corrected chi connectivity index (χ0v) is 28.5. The average Bonchev–Trinajstić information content (AvgIpc) is 3.03. The predicted octanol–water partition coefficient (Wildman–Crippen LogP) is 3.70. The second kappa shape index (κ2) is 12.8. The van der Waals surface area contributed by atoms with Gasteiger partial charge in [-0.1, -0.05) is 36.4 Å². The number of rotatable bonds is 9. The predicted molar refractivity (Wildman–Crippen MR) is 181 cm³/mol. The number of hydrogen-bond donors (Lipinski definition) is 6. The van der Waals surface area contributed by atoms with E-state index in [0.717, 1.165) is 18.2 Å². The number of hydrogen-bond acceptors (Lipinski definition) is 14. The molecule has 4 aromatic carbocycles. The summed E-state index contributed by atoms with van der Waals surface area (Å²) in [6, 6.07) is 15.1. The molecule has 1 aliphatic rings. The van der Waals surface area contributed by atoms with E-state index in [0.29, 0.717) is 5.56 Å². The molecule has 1 aromatic heterocycles. The monoisotopic (exact) mass is 772 g/mol. The van der Waals surface area contributed by atoms with E-state index in [1.807, 2.05) is 0 Å². The maximum atomic E-state index is 13.6. The van der Waals surface area contributed by atoms with Crippen LogP contribution in [0.1, 0.15) is 43.2 Å². The lowest BCUT2D eigenvalue weighted by Gasteiger charge is -2.24. The Morgan fingerprint density at radius 1 is 0.667 bits per heavy atom. The van der Waals surface area contributed by atoms with Crippen LogP contribution in [-0.4, -0.2) is 65.4 Å². The minimum absolute atomic E-state index is 0.0343. The number of benzene rings is 4. The fourth-order valence-electron chi connectivity index (χ4n) is 5.32. The summed E-state index contributed by atoms with van der Waals surface area (Å²) in [5.41, 5.74) is 3.72. The van der Waals surface area contributed by atoms with Crippen molar-refractivity contribution >= 4 is 82.2 Å². The summed E-state index contributed by atoms with van der Waals surface area (Å²) < 4.78 is 102. The minimum Gasteiger partial charge on any atom is -0.397 e. The highest BCUT2D eigenvalue weighted by Crippen LogP contribution is 2.41. The van der Waals surface area contributed by atoms with Crippen molar-refractivity contribution in [2.75, 3.05) is 16.4 Å². The van der Waals surface area contributed by atoms with Crippen LogP contribution in [0.15, 0.2) is 87.5 Å². The fraction of sp³-hybridized carbons (Fsp3) is 0.0333. The molecule has 0 amide bonds. The van der Waals surface area contributed by atoms with Crippen LogP contribution in [0.25, 0.3) is 0 Å². The molecule has 17 nitrogen and oxygen atoms in total. The number of fused-ring (bicyclic) bond motifs is 2. The van der Waals surface area contributed by atoms with Gasteiger partial charge in [0.15, 0.2) is 11.6 Å². The van der Waals surface area contributed by atoms with Crippen LogP contribution in [0.5, 0.6) is 0 Å². The molecule has 1 heterocycles. The molecule has 7 N–H and O–H groups in total. The minimum atomic E-state index is -5.09. The molecule has 0 saturated carbocycles. The maximum absolute atomic E-state index is 13.6. The summed E-state index contributed by atoms with van der Waals surface area (Å²) in [5.74, 6) is -1.76. The molecule has 262 valence electrons. The van der Waals surface area contributed by atoms with Crippen LogP contribution in [-0.2, 0) is 36.8 Å². The normalized spacial score (nSPS) is 13.0. The molecule has 0 radical (unpaired) electrons. The van der Waals surface area contributed by atoms with Gasteiger partial charge in [-0.05, 0) is 53.6 Å². The Bertz CT molecular complexity index is 2670. The Labute approximate surface area is 293 Å². The topological polar surface area (TPSA) is 286 Å². The summed E-state index contributed by atoms with van der Waals surface area (Å²) in [6.07, 6.45) is -0.0669. The average molecular weight is 773 g/mol. The van der Waals surface area contributed by atoms with E-state index in [1.54, 1.807) is 6.07 Å². The number of carbonyl (C=O) groups is 2. The Kier molecular flexibility index (Phi) is 8.88. The van der Waals surface area contributed by atoms with Crippen LogP contribution in [0.3, 0.4) is 0 Å². The van der Waals surface area contributed by atoms with E-state index < -0.39 is 79.9 Å². The van der Waals surface area contributed by atoms with Crippen molar-refractivity contribution in [3.8, 4) is 0 Å². The molecule has 0 aliphatic heterocycles. The van der Waals surface area contributed by atoms with Crippen molar-refractivity contribution in [2.45, 2.75) is 21.1 Å². The van der Waals surface area contributed by atoms with E-state index in [4.69, 9.17) is 17.3 Å². The van der Waals surface area contributed by atoms with E-state index in [2.05, 4.69) is 25.6 Å². The fourth-order valence-corrected chi connectivity index (χ4v) is 7.37. The third-order valence-corrected chi connectivity index (χ3v) is 10.3. The smallest absolute Gasteiger partial charge is 0.296 e. The molecule has 0 spiro atoms. The zero-order valence-electron chi connectivity index (χ0n) is 25.3. The lowest BCUT2D eigenvalue weighted by molar-refractivity contribution is 0.0980. The molecule has 0 atom stereocenters. The van der Waals surface area contributed by atoms with Crippen LogP contribution < -0.4 is 16.4 Å². The van der Waals surface area contributed by atoms with Gasteiger partial charge >= 0.3 is 0 Å². The zero-order chi connectivity index (χ0) is 37.0. The molecule has 51 heavy (non-hydrogen) atoms. The number of nitrogens with zero attached hydrogens (tertiary/aromatic N) is 3. The van der Waals surface area contributed by atoms with Crippen molar-refractivity contribution in [2.24, 2.45) is 0 Å². The van der Waals surface area contributed by atoms with Crippen LogP contribution >= 0.6 is 11.6 Å². The Morgan fingerprint density at radius 3 is 1.94 bits per heavy atom.